The van der Waals surface area contributed by atoms with Gasteiger partial charge in [-0.3, -0.25) is 4.79 Å². The molecule has 1 aliphatic heterocycles. The largest absolute Gasteiger partial charge is 0.508 e. The maximum Gasteiger partial charge on any atom is 0.239 e. The molecule has 1 heterocycles. The fraction of sp³-hybridized carbons (Fsp3) is 0.533. The van der Waals surface area contributed by atoms with Crippen molar-refractivity contribution in [3.05, 3.63) is 29.8 Å². The van der Waals surface area contributed by atoms with Gasteiger partial charge in [0.15, 0.2) is 0 Å². The van der Waals surface area contributed by atoms with E-state index >= 15 is 0 Å². The highest BCUT2D eigenvalue weighted by Crippen LogP contribution is 2.18. The number of likely N-dealkylation sites (tertiary alicyclic amines) is 1. The van der Waals surface area contributed by atoms with E-state index < -0.39 is 6.04 Å². The van der Waals surface area contributed by atoms with Crippen LogP contribution in [-0.4, -0.2) is 48.8 Å². The van der Waals surface area contributed by atoms with Crippen LogP contribution in [0.2, 0.25) is 0 Å². The molecule has 0 bridgehead atoms. The molecule has 1 unspecified atom stereocenters. The Morgan fingerprint density at radius 3 is 2.85 bits per heavy atom. The molecule has 5 heteroatoms. The number of methoxy groups -OCH3 is 1. The third-order valence-corrected chi connectivity index (χ3v) is 3.71. The van der Waals surface area contributed by atoms with E-state index in [9.17, 15) is 9.90 Å². The average molecular weight is 278 g/mol. The first-order chi connectivity index (χ1) is 9.60. The van der Waals surface area contributed by atoms with E-state index in [0.717, 1.165) is 25.1 Å². The Morgan fingerprint density at radius 2 is 2.20 bits per heavy atom. The molecule has 2 rings (SSSR count). The number of phenolic OH excluding ortho intramolecular Hbond substituents is 1. The van der Waals surface area contributed by atoms with Crippen LogP contribution >= 0.6 is 0 Å². The number of hydrogen-bond acceptors (Lipinski definition) is 4. The van der Waals surface area contributed by atoms with Gasteiger partial charge in [-0.15, -0.1) is 0 Å². The van der Waals surface area contributed by atoms with E-state index in [1.807, 2.05) is 4.90 Å². The smallest absolute Gasteiger partial charge is 0.239 e. The predicted octanol–water partition coefficient (Wildman–Crippen LogP) is 0.757. The minimum atomic E-state index is -0.527. The number of aromatic hydroxyl groups is 1. The van der Waals surface area contributed by atoms with Gasteiger partial charge in [0.25, 0.3) is 0 Å². The van der Waals surface area contributed by atoms with Crippen molar-refractivity contribution >= 4 is 5.91 Å². The van der Waals surface area contributed by atoms with Crippen molar-refractivity contribution in [3.8, 4) is 5.75 Å². The number of benzene rings is 1. The third kappa shape index (κ3) is 3.71. The second-order valence-corrected chi connectivity index (χ2v) is 5.37. The van der Waals surface area contributed by atoms with Crippen LogP contribution in [-0.2, 0) is 16.0 Å². The molecule has 5 nitrogen and oxygen atoms in total. The quantitative estimate of drug-likeness (QED) is 0.833. The number of ether oxygens (including phenoxy) is 1. The molecule has 0 radical (unpaired) electrons. The average Bonchev–Trinajstić information content (AvgIpc) is 2.89. The monoisotopic (exact) mass is 278 g/mol. The molecule has 1 aliphatic rings. The molecule has 110 valence electrons. The minimum absolute atomic E-state index is 0.00308. The molecule has 2 atom stereocenters. The summed E-state index contributed by atoms with van der Waals surface area (Å²) in [6, 6.07) is 6.27. The first-order valence-corrected chi connectivity index (χ1v) is 6.91. The molecule has 0 aromatic heterocycles. The Balaban J connectivity index is 1.87. The van der Waals surface area contributed by atoms with Gasteiger partial charge in [0.2, 0.25) is 5.91 Å². The molecule has 20 heavy (non-hydrogen) atoms. The zero-order valence-corrected chi connectivity index (χ0v) is 11.8. The van der Waals surface area contributed by atoms with Crippen LogP contribution in [0.1, 0.15) is 12.0 Å². The van der Waals surface area contributed by atoms with Crippen LogP contribution in [0.15, 0.2) is 24.3 Å². The maximum atomic E-state index is 12.3. The van der Waals surface area contributed by atoms with Crippen molar-refractivity contribution in [1.82, 2.24) is 4.90 Å². The van der Waals surface area contributed by atoms with Crippen LogP contribution < -0.4 is 5.73 Å². The van der Waals surface area contributed by atoms with Gasteiger partial charge in [-0.1, -0.05) is 12.1 Å². The molecule has 1 aromatic rings. The Kier molecular flexibility index (Phi) is 4.98. The number of carbonyl (C=O) groups is 1. The summed E-state index contributed by atoms with van der Waals surface area (Å²) in [5, 5.41) is 9.23. The van der Waals surface area contributed by atoms with Gasteiger partial charge >= 0.3 is 0 Å². The second kappa shape index (κ2) is 6.72. The number of nitrogens with zero attached hydrogens (tertiary/aromatic N) is 1. The van der Waals surface area contributed by atoms with E-state index in [1.54, 1.807) is 31.4 Å². The van der Waals surface area contributed by atoms with Crippen LogP contribution in [0.5, 0.6) is 5.75 Å². The molecule has 1 amide bonds. The van der Waals surface area contributed by atoms with E-state index in [2.05, 4.69) is 0 Å². The zero-order chi connectivity index (χ0) is 14.5. The SMILES string of the molecule is COCC1CCN(C(=O)[C@@H](N)Cc2ccc(O)cc2)C1. The Morgan fingerprint density at radius 1 is 1.50 bits per heavy atom. The van der Waals surface area contributed by atoms with Gasteiger partial charge in [0.1, 0.15) is 5.75 Å². The number of hydrogen-bond donors (Lipinski definition) is 2. The van der Waals surface area contributed by atoms with Gasteiger partial charge in [0, 0.05) is 26.1 Å². The third-order valence-electron chi connectivity index (χ3n) is 3.71. The summed E-state index contributed by atoms with van der Waals surface area (Å²) in [7, 11) is 1.68. The van der Waals surface area contributed by atoms with Gasteiger partial charge in [0.05, 0.1) is 12.6 Å². The molecule has 1 fully saturated rings. The summed E-state index contributed by atoms with van der Waals surface area (Å²) in [5.41, 5.74) is 6.96. The lowest BCUT2D eigenvalue weighted by Crippen LogP contribution is -2.44. The first-order valence-electron chi connectivity index (χ1n) is 6.91. The molecular formula is C15H22N2O3. The highest BCUT2D eigenvalue weighted by Gasteiger charge is 2.29. The number of amides is 1. The Hall–Kier alpha value is -1.59. The molecule has 0 saturated carbocycles. The summed E-state index contributed by atoms with van der Waals surface area (Å²) in [6.07, 6.45) is 1.47. The van der Waals surface area contributed by atoms with Crippen molar-refractivity contribution < 1.29 is 14.6 Å². The van der Waals surface area contributed by atoms with Crippen molar-refractivity contribution in [1.29, 1.82) is 0 Å². The number of carbonyl (C=O) groups excluding carboxylic acids is 1. The molecule has 0 aliphatic carbocycles. The van der Waals surface area contributed by atoms with E-state index in [-0.39, 0.29) is 11.7 Å². The van der Waals surface area contributed by atoms with Crippen molar-refractivity contribution in [2.75, 3.05) is 26.8 Å². The number of nitrogens with two attached hydrogens (primary N) is 1. The van der Waals surface area contributed by atoms with Crippen molar-refractivity contribution in [2.24, 2.45) is 11.7 Å². The topological polar surface area (TPSA) is 75.8 Å². The lowest BCUT2D eigenvalue weighted by atomic mass is 10.1. The Labute approximate surface area is 119 Å². The molecule has 0 spiro atoms. The van der Waals surface area contributed by atoms with Crippen molar-refractivity contribution in [3.63, 3.8) is 0 Å². The standard InChI is InChI=1S/C15H22N2O3/c1-20-10-12-6-7-17(9-12)15(19)14(16)8-11-2-4-13(18)5-3-11/h2-5,12,14,18H,6-10,16H2,1H3/t12?,14-/m0/s1. The predicted molar refractivity (Wildman–Crippen MR) is 76.3 cm³/mol. The highest BCUT2D eigenvalue weighted by molar-refractivity contribution is 5.82. The summed E-state index contributed by atoms with van der Waals surface area (Å²) in [6.45, 7) is 2.18. The van der Waals surface area contributed by atoms with Crippen LogP contribution in [0, 0.1) is 5.92 Å². The lowest BCUT2D eigenvalue weighted by molar-refractivity contribution is -0.131. The number of rotatable bonds is 5. The maximum absolute atomic E-state index is 12.3. The fourth-order valence-electron chi connectivity index (χ4n) is 2.61. The second-order valence-electron chi connectivity index (χ2n) is 5.37. The van der Waals surface area contributed by atoms with Gasteiger partial charge in [-0.25, -0.2) is 0 Å². The minimum Gasteiger partial charge on any atom is -0.508 e. The van der Waals surface area contributed by atoms with Crippen LogP contribution in [0.3, 0.4) is 0 Å². The summed E-state index contributed by atoms with van der Waals surface area (Å²) >= 11 is 0. The van der Waals surface area contributed by atoms with E-state index in [0.29, 0.717) is 18.9 Å². The van der Waals surface area contributed by atoms with Gasteiger partial charge in [-0.05, 0) is 30.5 Å². The molecule has 1 saturated heterocycles. The molecule has 1 aromatic carbocycles. The number of phenols is 1. The van der Waals surface area contributed by atoms with Crippen LogP contribution in [0.4, 0.5) is 0 Å². The van der Waals surface area contributed by atoms with E-state index in [1.165, 1.54) is 0 Å². The first kappa shape index (κ1) is 14.8. The van der Waals surface area contributed by atoms with Gasteiger partial charge in [-0.2, -0.15) is 0 Å². The summed E-state index contributed by atoms with van der Waals surface area (Å²) in [4.78, 5) is 14.1. The summed E-state index contributed by atoms with van der Waals surface area (Å²) in [5.74, 6) is 0.636. The normalized spacial score (nSPS) is 20.1. The molecule has 3 N–H and O–H groups in total. The van der Waals surface area contributed by atoms with Gasteiger partial charge < -0.3 is 20.5 Å². The Bertz CT molecular complexity index is 447. The van der Waals surface area contributed by atoms with E-state index in [4.69, 9.17) is 10.5 Å². The summed E-state index contributed by atoms with van der Waals surface area (Å²) < 4.78 is 5.13. The zero-order valence-electron chi connectivity index (χ0n) is 11.8. The van der Waals surface area contributed by atoms with Crippen LogP contribution in [0.25, 0.3) is 0 Å². The lowest BCUT2D eigenvalue weighted by Gasteiger charge is -2.21. The molecular weight excluding hydrogens is 256 g/mol. The van der Waals surface area contributed by atoms with Crippen molar-refractivity contribution in [2.45, 2.75) is 18.9 Å². The fourth-order valence-corrected chi connectivity index (χ4v) is 2.61. The highest BCUT2D eigenvalue weighted by atomic mass is 16.5.